The quantitative estimate of drug-likeness (QED) is 0.595. The van der Waals surface area contributed by atoms with Gasteiger partial charge in [-0.05, 0) is 95.6 Å². The molecule has 168 valence electrons. The minimum atomic E-state index is 0.0114. The molecule has 4 saturated carbocycles. The smallest absolute Gasteiger partial charge is 0.252 e. The molecule has 3 aromatic rings. The normalized spacial score (nSPS) is 28.7. The van der Waals surface area contributed by atoms with Crippen molar-refractivity contribution in [2.75, 3.05) is 0 Å². The summed E-state index contributed by atoms with van der Waals surface area (Å²) in [5.41, 5.74) is 3.13. The van der Waals surface area contributed by atoms with E-state index >= 15 is 0 Å². The maximum absolute atomic E-state index is 13.7. The fourth-order valence-electron chi connectivity index (χ4n) is 7.00. The van der Waals surface area contributed by atoms with Crippen LogP contribution in [0, 0.1) is 37.5 Å². The Morgan fingerprint density at radius 1 is 1.09 bits per heavy atom. The van der Waals surface area contributed by atoms with E-state index in [0.29, 0.717) is 23.4 Å². The van der Waals surface area contributed by atoms with Gasteiger partial charge in [0, 0.05) is 17.6 Å². The molecule has 0 unspecified atom stereocenters. The molecular formula is C26H32N4O2. The Labute approximate surface area is 188 Å². The van der Waals surface area contributed by atoms with Crippen molar-refractivity contribution >= 4 is 16.9 Å². The highest BCUT2D eigenvalue weighted by molar-refractivity contribution is 6.06. The highest BCUT2D eigenvalue weighted by Gasteiger charge is 2.48. The molecule has 4 aliphatic carbocycles. The number of nitrogens with one attached hydrogen (secondary N) is 1. The van der Waals surface area contributed by atoms with Gasteiger partial charge in [0.1, 0.15) is 11.5 Å². The van der Waals surface area contributed by atoms with Crippen LogP contribution in [0.2, 0.25) is 0 Å². The molecule has 0 aromatic carbocycles. The number of amides is 1. The summed E-state index contributed by atoms with van der Waals surface area (Å²) < 4.78 is 7.67. The number of carbonyl (C=O) groups is 1. The number of fused-ring (bicyclic) bond motifs is 1. The third-order valence-electron chi connectivity index (χ3n) is 8.14. The predicted octanol–water partition coefficient (Wildman–Crippen LogP) is 5.44. The molecule has 0 aliphatic heterocycles. The van der Waals surface area contributed by atoms with Gasteiger partial charge in [0.15, 0.2) is 5.65 Å². The molecule has 0 atom stereocenters. The van der Waals surface area contributed by atoms with E-state index in [4.69, 9.17) is 9.40 Å². The van der Waals surface area contributed by atoms with Crippen molar-refractivity contribution in [1.29, 1.82) is 0 Å². The molecule has 1 N–H and O–H groups in total. The van der Waals surface area contributed by atoms with Crippen molar-refractivity contribution in [3.8, 4) is 11.3 Å². The summed E-state index contributed by atoms with van der Waals surface area (Å²) in [5.74, 6) is 4.74. The van der Waals surface area contributed by atoms with Crippen molar-refractivity contribution in [1.82, 2.24) is 20.1 Å². The molecule has 4 bridgehead atoms. The van der Waals surface area contributed by atoms with E-state index in [1.807, 2.05) is 30.7 Å². The van der Waals surface area contributed by atoms with E-state index in [1.54, 1.807) is 6.20 Å². The van der Waals surface area contributed by atoms with Crippen LogP contribution >= 0.6 is 0 Å². The largest absolute Gasteiger partial charge is 0.466 e. The zero-order valence-corrected chi connectivity index (χ0v) is 19.4. The summed E-state index contributed by atoms with van der Waals surface area (Å²) in [6, 6.07) is 4.39. The van der Waals surface area contributed by atoms with Crippen LogP contribution in [0.3, 0.4) is 0 Å². The first kappa shape index (κ1) is 20.0. The number of aromatic nitrogens is 3. The van der Waals surface area contributed by atoms with Crippen LogP contribution in [0.15, 0.2) is 22.7 Å². The summed E-state index contributed by atoms with van der Waals surface area (Å²) in [6.45, 7) is 8.06. The Bertz CT molecular complexity index is 1180. The summed E-state index contributed by atoms with van der Waals surface area (Å²) in [4.78, 5) is 18.6. The summed E-state index contributed by atoms with van der Waals surface area (Å²) in [7, 11) is 0. The van der Waals surface area contributed by atoms with Crippen molar-refractivity contribution < 1.29 is 9.21 Å². The lowest BCUT2D eigenvalue weighted by Gasteiger charge is -2.54. The second-order valence-corrected chi connectivity index (χ2v) is 10.7. The highest BCUT2D eigenvalue weighted by Crippen LogP contribution is 2.53. The topological polar surface area (TPSA) is 73.0 Å². The molecule has 6 nitrogen and oxygen atoms in total. The van der Waals surface area contributed by atoms with Crippen molar-refractivity contribution in [3.05, 3.63) is 35.4 Å². The van der Waals surface area contributed by atoms with Gasteiger partial charge in [-0.15, -0.1) is 0 Å². The number of hydrogen-bond acceptors (Lipinski definition) is 4. The zero-order valence-electron chi connectivity index (χ0n) is 19.4. The minimum absolute atomic E-state index is 0.0114. The summed E-state index contributed by atoms with van der Waals surface area (Å²) in [5, 5.41) is 8.87. The third-order valence-corrected chi connectivity index (χ3v) is 8.14. The van der Waals surface area contributed by atoms with E-state index < -0.39 is 0 Å². The molecule has 0 spiro atoms. The first-order valence-corrected chi connectivity index (χ1v) is 12.1. The molecule has 1 amide bonds. The Morgan fingerprint density at radius 2 is 1.78 bits per heavy atom. The van der Waals surface area contributed by atoms with Crippen molar-refractivity contribution in [3.63, 3.8) is 0 Å². The van der Waals surface area contributed by atoms with Crippen LogP contribution in [-0.4, -0.2) is 26.7 Å². The fourth-order valence-corrected chi connectivity index (χ4v) is 7.00. The number of pyridine rings is 1. The Kier molecular flexibility index (Phi) is 4.50. The molecule has 3 heterocycles. The monoisotopic (exact) mass is 432 g/mol. The van der Waals surface area contributed by atoms with Crippen LogP contribution in [0.25, 0.3) is 22.3 Å². The molecule has 0 radical (unpaired) electrons. The van der Waals surface area contributed by atoms with Crippen molar-refractivity contribution in [2.45, 2.75) is 71.9 Å². The van der Waals surface area contributed by atoms with Crippen LogP contribution < -0.4 is 5.32 Å². The number of carbonyl (C=O) groups excluding carboxylic acids is 1. The number of nitrogens with zero attached hydrogens (tertiary/aromatic N) is 3. The molecule has 4 fully saturated rings. The zero-order chi connectivity index (χ0) is 22.1. The molecule has 7 rings (SSSR count). The van der Waals surface area contributed by atoms with Gasteiger partial charge in [-0.2, -0.15) is 5.10 Å². The lowest BCUT2D eigenvalue weighted by Crippen LogP contribution is -2.55. The number of rotatable bonds is 4. The van der Waals surface area contributed by atoms with Crippen LogP contribution in [0.5, 0.6) is 0 Å². The molecular weight excluding hydrogens is 400 g/mol. The van der Waals surface area contributed by atoms with E-state index in [-0.39, 0.29) is 11.9 Å². The standard InChI is InChI=1S/C26H32N4O2/c1-13(2)30-25-22(12-27-30)21(11-23(28-25)20-5-14(3)32-15(20)4)26(31)29-24-18-7-16-6-17(9-18)10-19(24)8-16/h5,11-13,16-19,24H,6-10H2,1-4H3,(H,29,31). The Morgan fingerprint density at radius 3 is 2.38 bits per heavy atom. The Balaban J connectivity index is 1.41. The van der Waals surface area contributed by atoms with Crippen LogP contribution in [0.1, 0.15) is 73.9 Å². The van der Waals surface area contributed by atoms with E-state index in [9.17, 15) is 4.79 Å². The number of hydrogen-bond donors (Lipinski definition) is 1. The van der Waals surface area contributed by atoms with Gasteiger partial charge in [0.05, 0.1) is 22.8 Å². The molecule has 4 aliphatic rings. The lowest BCUT2D eigenvalue weighted by atomic mass is 9.54. The molecule has 3 aromatic heterocycles. The molecule has 6 heteroatoms. The lowest BCUT2D eigenvalue weighted by molar-refractivity contribution is -0.0119. The van der Waals surface area contributed by atoms with Gasteiger partial charge < -0.3 is 9.73 Å². The second kappa shape index (κ2) is 7.19. The second-order valence-electron chi connectivity index (χ2n) is 10.7. The van der Waals surface area contributed by atoms with Crippen molar-refractivity contribution in [2.24, 2.45) is 23.7 Å². The number of aryl methyl sites for hydroxylation is 2. The molecule has 0 saturated heterocycles. The van der Waals surface area contributed by atoms with Gasteiger partial charge in [-0.1, -0.05) is 0 Å². The SMILES string of the molecule is Cc1cc(-c2cc(C(=O)NC3C4CC5CC(C4)CC3C5)c3cnn(C(C)C)c3n2)c(C)o1. The van der Waals surface area contributed by atoms with E-state index in [0.717, 1.165) is 45.6 Å². The number of furan rings is 1. The maximum atomic E-state index is 13.7. The van der Waals surface area contributed by atoms with E-state index in [1.165, 1.54) is 32.1 Å². The van der Waals surface area contributed by atoms with Crippen LogP contribution in [-0.2, 0) is 0 Å². The predicted molar refractivity (Wildman–Crippen MR) is 123 cm³/mol. The van der Waals surface area contributed by atoms with Gasteiger partial charge in [-0.25, -0.2) is 9.67 Å². The van der Waals surface area contributed by atoms with Crippen LogP contribution in [0.4, 0.5) is 0 Å². The van der Waals surface area contributed by atoms with E-state index in [2.05, 4.69) is 24.3 Å². The average molecular weight is 433 g/mol. The van der Waals surface area contributed by atoms with Gasteiger partial charge in [0.25, 0.3) is 5.91 Å². The summed E-state index contributed by atoms with van der Waals surface area (Å²) in [6.07, 6.45) is 8.36. The van der Waals surface area contributed by atoms with Gasteiger partial charge in [-0.3, -0.25) is 4.79 Å². The highest BCUT2D eigenvalue weighted by atomic mass is 16.3. The Hall–Kier alpha value is -2.63. The summed E-state index contributed by atoms with van der Waals surface area (Å²) >= 11 is 0. The maximum Gasteiger partial charge on any atom is 0.252 e. The third kappa shape index (κ3) is 3.10. The average Bonchev–Trinajstić information content (AvgIpc) is 3.31. The molecule has 32 heavy (non-hydrogen) atoms. The first-order chi connectivity index (χ1) is 15.4. The van der Waals surface area contributed by atoms with Gasteiger partial charge >= 0.3 is 0 Å². The first-order valence-electron chi connectivity index (χ1n) is 12.1. The fraction of sp³-hybridized carbons (Fsp3) is 0.577. The minimum Gasteiger partial charge on any atom is -0.466 e. The van der Waals surface area contributed by atoms with Gasteiger partial charge in [0.2, 0.25) is 0 Å².